The van der Waals surface area contributed by atoms with Gasteiger partial charge in [0.25, 0.3) is 5.91 Å². The molecule has 6 nitrogen and oxygen atoms in total. The monoisotopic (exact) mass is 411 g/mol. The Labute approximate surface area is 179 Å². The smallest absolute Gasteiger partial charge is 0.257 e. The second kappa shape index (κ2) is 8.67. The molecule has 4 aromatic rings. The molecule has 1 aromatic heterocycles. The van der Waals surface area contributed by atoms with E-state index in [4.69, 9.17) is 0 Å². The first-order valence-electron chi connectivity index (χ1n) is 9.86. The van der Waals surface area contributed by atoms with Crippen LogP contribution in [-0.4, -0.2) is 16.4 Å². The molecule has 0 fully saturated rings. The molecule has 0 saturated heterocycles. The van der Waals surface area contributed by atoms with Crippen LogP contribution in [0, 0.1) is 6.92 Å². The van der Waals surface area contributed by atoms with Crippen molar-refractivity contribution in [3.05, 3.63) is 106 Å². The molecule has 2 N–H and O–H groups in total. The summed E-state index contributed by atoms with van der Waals surface area (Å²) in [5, 5.41) is 6.23. The van der Waals surface area contributed by atoms with Gasteiger partial charge in [-0.05, 0) is 48.9 Å². The van der Waals surface area contributed by atoms with E-state index in [1.54, 1.807) is 53.2 Å². The molecule has 154 valence electrons. The Bertz CT molecular complexity index is 1340. The second-order valence-corrected chi connectivity index (χ2v) is 7.24. The van der Waals surface area contributed by atoms with Crippen molar-refractivity contribution in [2.75, 3.05) is 10.6 Å². The van der Waals surface area contributed by atoms with Crippen molar-refractivity contribution in [3.63, 3.8) is 0 Å². The minimum atomic E-state index is -0.310. The van der Waals surface area contributed by atoms with Crippen molar-refractivity contribution < 1.29 is 9.59 Å². The summed E-state index contributed by atoms with van der Waals surface area (Å²) in [6.45, 7) is 1.96. The zero-order chi connectivity index (χ0) is 21.8. The molecule has 1 heterocycles. The highest BCUT2D eigenvalue weighted by Crippen LogP contribution is 2.18. The van der Waals surface area contributed by atoms with E-state index in [-0.39, 0.29) is 23.8 Å². The lowest BCUT2D eigenvalue weighted by Gasteiger charge is -2.14. The maximum absolute atomic E-state index is 12.8. The fourth-order valence-electron chi connectivity index (χ4n) is 3.45. The first-order chi connectivity index (χ1) is 15.0. The molecule has 0 aliphatic rings. The highest BCUT2D eigenvalue weighted by atomic mass is 16.2. The molecule has 3 aromatic carbocycles. The number of nitrogens with zero attached hydrogens (tertiary/aromatic N) is 1. The molecule has 6 heteroatoms. The van der Waals surface area contributed by atoms with Gasteiger partial charge in [0.05, 0.1) is 16.8 Å². The number of para-hydroxylation sites is 2. The van der Waals surface area contributed by atoms with Crippen LogP contribution in [0.2, 0.25) is 0 Å². The highest BCUT2D eigenvalue weighted by Gasteiger charge is 2.14. The van der Waals surface area contributed by atoms with Gasteiger partial charge in [-0.1, -0.05) is 36.4 Å². The molecule has 0 bridgehead atoms. The van der Waals surface area contributed by atoms with Gasteiger partial charge in [-0.3, -0.25) is 14.4 Å². The van der Waals surface area contributed by atoms with E-state index in [2.05, 4.69) is 10.6 Å². The van der Waals surface area contributed by atoms with Crippen LogP contribution >= 0.6 is 0 Å². The topological polar surface area (TPSA) is 80.2 Å². The van der Waals surface area contributed by atoms with Crippen LogP contribution in [0.1, 0.15) is 15.9 Å². The maximum Gasteiger partial charge on any atom is 0.257 e. The van der Waals surface area contributed by atoms with Crippen LogP contribution < -0.4 is 16.1 Å². The number of nitrogens with one attached hydrogen (secondary N) is 2. The molecular weight excluding hydrogens is 390 g/mol. The lowest BCUT2D eigenvalue weighted by atomic mass is 10.1. The molecule has 2 amide bonds. The van der Waals surface area contributed by atoms with E-state index in [1.807, 2.05) is 37.3 Å². The van der Waals surface area contributed by atoms with Gasteiger partial charge in [-0.2, -0.15) is 0 Å². The van der Waals surface area contributed by atoms with E-state index < -0.39 is 0 Å². The molecule has 0 spiro atoms. The van der Waals surface area contributed by atoms with Crippen molar-refractivity contribution >= 4 is 34.1 Å². The first-order valence-corrected chi connectivity index (χ1v) is 9.86. The zero-order valence-electron chi connectivity index (χ0n) is 17.0. The lowest BCUT2D eigenvalue weighted by molar-refractivity contribution is -0.116. The lowest BCUT2D eigenvalue weighted by Crippen LogP contribution is -2.22. The van der Waals surface area contributed by atoms with E-state index in [1.165, 1.54) is 6.07 Å². The van der Waals surface area contributed by atoms with Gasteiger partial charge >= 0.3 is 0 Å². The minimum Gasteiger partial charge on any atom is -0.338 e. The Morgan fingerprint density at radius 2 is 1.65 bits per heavy atom. The van der Waals surface area contributed by atoms with E-state index >= 15 is 0 Å². The summed E-state index contributed by atoms with van der Waals surface area (Å²) < 4.78 is 1.71. The average molecular weight is 411 g/mol. The fraction of sp³-hybridized carbons (Fsp3) is 0.0800. The molecule has 0 aliphatic heterocycles. The van der Waals surface area contributed by atoms with Crippen LogP contribution in [0.5, 0.6) is 0 Å². The number of carbonyl (C=O) groups is 2. The van der Waals surface area contributed by atoms with Crippen molar-refractivity contribution in [2.45, 2.75) is 13.5 Å². The highest BCUT2D eigenvalue weighted by molar-refractivity contribution is 6.10. The van der Waals surface area contributed by atoms with Crippen molar-refractivity contribution in [3.8, 4) is 0 Å². The first kappa shape index (κ1) is 20.1. The van der Waals surface area contributed by atoms with Crippen molar-refractivity contribution in [1.29, 1.82) is 0 Å². The van der Waals surface area contributed by atoms with E-state index in [9.17, 15) is 14.4 Å². The molecule has 31 heavy (non-hydrogen) atoms. The van der Waals surface area contributed by atoms with Crippen LogP contribution in [0.25, 0.3) is 10.9 Å². The summed E-state index contributed by atoms with van der Waals surface area (Å²) in [5.74, 6) is -0.611. The molecular formula is C25H21N3O3. The number of benzene rings is 3. The van der Waals surface area contributed by atoms with Crippen LogP contribution in [0.15, 0.2) is 89.9 Å². The number of amides is 2. The molecule has 0 saturated carbocycles. The van der Waals surface area contributed by atoms with Crippen LogP contribution in [-0.2, 0) is 11.3 Å². The van der Waals surface area contributed by atoms with Gasteiger partial charge in [0.15, 0.2) is 5.43 Å². The van der Waals surface area contributed by atoms with E-state index in [0.29, 0.717) is 27.8 Å². The Balaban J connectivity index is 1.54. The SMILES string of the molecule is Cc1cccc(NC(=O)c2ccccc2NC(=O)Cn2ccc(=O)c3ccccc32)c1. The molecule has 0 radical (unpaired) electrons. The molecule has 0 atom stereocenters. The second-order valence-electron chi connectivity index (χ2n) is 7.24. The summed E-state index contributed by atoms with van der Waals surface area (Å²) in [6.07, 6.45) is 1.60. The largest absolute Gasteiger partial charge is 0.338 e. The molecule has 0 aliphatic carbocycles. The van der Waals surface area contributed by atoms with Gasteiger partial charge in [0.1, 0.15) is 6.54 Å². The number of anilines is 2. The van der Waals surface area contributed by atoms with Gasteiger partial charge in [-0.25, -0.2) is 0 Å². The van der Waals surface area contributed by atoms with Crippen LogP contribution in [0.3, 0.4) is 0 Å². The summed E-state index contributed by atoms with van der Waals surface area (Å²) in [5.41, 5.74) is 3.09. The summed E-state index contributed by atoms with van der Waals surface area (Å²) in [6, 6.07) is 22.9. The number of aromatic nitrogens is 1. The minimum absolute atomic E-state index is 0.00856. The number of carbonyl (C=O) groups excluding carboxylic acids is 2. The van der Waals surface area contributed by atoms with Gasteiger partial charge < -0.3 is 15.2 Å². The van der Waals surface area contributed by atoms with E-state index in [0.717, 1.165) is 5.56 Å². The number of aryl methyl sites for hydroxylation is 1. The van der Waals surface area contributed by atoms with Gasteiger partial charge in [-0.15, -0.1) is 0 Å². The fourth-order valence-corrected chi connectivity index (χ4v) is 3.45. The number of hydrogen-bond donors (Lipinski definition) is 2. The molecule has 4 rings (SSSR count). The van der Waals surface area contributed by atoms with Crippen molar-refractivity contribution in [2.24, 2.45) is 0 Å². The Kier molecular flexibility index (Phi) is 5.62. The Morgan fingerprint density at radius 1 is 0.871 bits per heavy atom. The normalized spacial score (nSPS) is 10.6. The predicted molar refractivity (Wildman–Crippen MR) is 122 cm³/mol. The maximum atomic E-state index is 12.8. The number of pyridine rings is 1. The summed E-state index contributed by atoms with van der Waals surface area (Å²) in [7, 11) is 0. The summed E-state index contributed by atoms with van der Waals surface area (Å²) >= 11 is 0. The molecule has 0 unspecified atom stereocenters. The third-order valence-electron chi connectivity index (χ3n) is 4.92. The van der Waals surface area contributed by atoms with Crippen LogP contribution in [0.4, 0.5) is 11.4 Å². The Hall–Kier alpha value is -4.19. The zero-order valence-corrected chi connectivity index (χ0v) is 17.0. The number of rotatable bonds is 5. The number of hydrogen-bond acceptors (Lipinski definition) is 3. The quantitative estimate of drug-likeness (QED) is 0.516. The van der Waals surface area contributed by atoms with Gasteiger partial charge in [0.2, 0.25) is 5.91 Å². The predicted octanol–water partition coefficient (Wildman–Crippen LogP) is 4.20. The standard InChI is InChI=1S/C25H21N3O3/c1-17-7-6-8-18(15-17)26-25(31)19-9-2-4-11-21(19)27-24(30)16-28-14-13-23(29)20-10-3-5-12-22(20)28/h2-15H,16H2,1H3,(H,26,31)(H,27,30). The van der Waals surface area contributed by atoms with Crippen molar-refractivity contribution in [1.82, 2.24) is 4.57 Å². The summed E-state index contributed by atoms with van der Waals surface area (Å²) in [4.78, 5) is 37.6. The number of fused-ring (bicyclic) bond motifs is 1. The third-order valence-corrected chi connectivity index (χ3v) is 4.92. The average Bonchev–Trinajstić information content (AvgIpc) is 2.76. The Morgan fingerprint density at radius 3 is 2.48 bits per heavy atom. The third kappa shape index (κ3) is 4.53. The van der Waals surface area contributed by atoms with Gasteiger partial charge in [0, 0.05) is 23.3 Å².